The second-order valence-electron chi connectivity index (χ2n) is 3.06. The SMILES string of the molecule is C=C/C(N)=C\C=C(/N)N1CCOCC1. The Morgan fingerprint density at radius 2 is 1.86 bits per heavy atom. The molecule has 1 fully saturated rings. The van der Waals surface area contributed by atoms with E-state index in [0.717, 1.165) is 32.1 Å². The normalized spacial score (nSPS) is 19.6. The second-order valence-corrected chi connectivity index (χ2v) is 3.06. The predicted molar refractivity (Wildman–Crippen MR) is 57.1 cm³/mol. The summed E-state index contributed by atoms with van der Waals surface area (Å²) in [5.74, 6) is 0.720. The van der Waals surface area contributed by atoms with E-state index in [2.05, 4.69) is 11.5 Å². The van der Waals surface area contributed by atoms with Crippen molar-refractivity contribution in [2.75, 3.05) is 26.3 Å². The van der Waals surface area contributed by atoms with Gasteiger partial charge in [-0.05, 0) is 18.2 Å². The number of rotatable bonds is 3. The highest BCUT2D eigenvalue weighted by Gasteiger charge is 2.09. The van der Waals surface area contributed by atoms with E-state index in [9.17, 15) is 0 Å². The summed E-state index contributed by atoms with van der Waals surface area (Å²) in [5, 5.41) is 0. The minimum atomic E-state index is 0.612. The molecule has 14 heavy (non-hydrogen) atoms. The third-order valence-corrected chi connectivity index (χ3v) is 2.06. The monoisotopic (exact) mass is 195 g/mol. The molecule has 0 aromatic heterocycles. The number of nitrogens with two attached hydrogens (primary N) is 2. The van der Waals surface area contributed by atoms with Gasteiger partial charge in [0.25, 0.3) is 0 Å². The Bertz CT molecular complexity index is 252. The van der Waals surface area contributed by atoms with Crippen LogP contribution in [0.25, 0.3) is 0 Å². The van der Waals surface area contributed by atoms with Crippen LogP contribution in [0.2, 0.25) is 0 Å². The standard InChI is InChI=1S/C10H17N3O/c1-2-9(11)3-4-10(12)13-5-7-14-8-6-13/h2-4H,1,5-8,11-12H2/b9-3+,10-4+. The lowest BCUT2D eigenvalue weighted by atomic mass is 10.3. The molecule has 0 unspecified atom stereocenters. The van der Waals surface area contributed by atoms with Gasteiger partial charge in [-0.25, -0.2) is 0 Å². The molecule has 0 saturated carbocycles. The maximum Gasteiger partial charge on any atom is 0.0988 e. The van der Waals surface area contributed by atoms with Crippen LogP contribution in [0.5, 0.6) is 0 Å². The summed E-state index contributed by atoms with van der Waals surface area (Å²) in [7, 11) is 0. The zero-order chi connectivity index (χ0) is 10.4. The molecule has 0 amide bonds. The van der Waals surface area contributed by atoms with Crippen molar-refractivity contribution in [1.29, 1.82) is 0 Å². The number of nitrogens with zero attached hydrogens (tertiary/aromatic N) is 1. The zero-order valence-corrected chi connectivity index (χ0v) is 8.28. The molecule has 0 aromatic carbocycles. The molecule has 1 rings (SSSR count). The molecule has 0 spiro atoms. The maximum atomic E-state index is 5.85. The summed E-state index contributed by atoms with van der Waals surface area (Å²) < 4.78 is 5.22. The van der Waals surface area contributed by atoms with Crippen LogP contribution in [0.3, 0.4) is 0 Å². The molecule has 1 heterocycles. The Morgan fingerprint density at radius 1 is 1.21 bits per heavy atom. The molecule has 4 N–H and O–H groups in total. The second kappa shape index (κ2) is 5.34. The molecular weight excluding hydrogens is 178 g/mol. The van der Waals surface area contributed by atoms with Gasteiger partial charge in [0.15, 0.2) is 0 Å². The minimum Gasteiger partial charge on any atom is -0.399 e. The number of hydrogen-bond acceptors (Lipinski definition) is 4. The quantitative estimate of drug-likeness (QED) is 0.629. The third kappa shape index (κ3) is 3.14. The highest BCUT2D eigenvalue weighted by atomic mass is 16.5. The summed E-state index contributed by atoms with van der Waals surface area (Å²) in [5.41, 5.74) is 12.0. The Labute approximate surface area is 84.5 Å². The van der Waals surface area contributed by atoms with Crippen molar-refractivity contribution in [3.8, 4) is 0 Å². The van der Waals surface area contributed by atoms with Gasteiger partial charge in [-0.2, -0.15) is 0 Å². The van der Waals surface area contributed by atoms with Crippen LogP contribution >= 0.6 is 0 Å². The summed E-state index contributed by atoms with van der Waals surface area (Å²) in [6.07, 6.45) is 5.13. The zero-order valence-electron chi connectivity index (χ0n) is 8.28. The molecule has 78 valence electrons. The number of hydrogen-bond donors (Lipinski definition) is 2. The molecule has 0 bridgehead atoms. The van der Waals surface area contributed by atoms with Crippen LogP contribution in [0.15, 0.2) is 36.3 Å². The van der Waals surface area contributed by atoms with Gasteiger partial charge in [0.05, 0.1) is 19.0 Å². The smallest absolute Gasteiger partial charge is 0.0988 e. The fourth-order valence-corrected chi connectivity index (χ4v) is 1.18. The van der Waals surface area contributed by atoms with E-state index in [0.29, 0.717) is 5.70 Å². The number of allylic oxidation sites excluding steroid dienone is 3. The van der Waals surface area contributed by atoms with Gasteiger partial charge < -0.3 is 21.1 Å². The Kier molecular flexibility index (Phi) is 4.07. The molecule has 4 heteroatoms. The molecule has 4 nitrogen and oxygen atoms in total. The minimum absolute atomic E-state index is 0.612. The molecule has 1 aliphatic rings. The van der Waals surface area contributed by atoms with Crippen molar-refractivity contribution in [3.05, 3.63) is 36.3 Å². The van der Waals surface area contributed by atoms with Gasteiger partial charge in [0.1, 0.15) is 0 Å². The molecule has 1 saturated heterocycles. The lowest BCUT2D eigenvalue weighted by Crippen LogP contribution is -2.38. The first-order valence-electron chi connectivity index (χ1n) is 4.62. The number of ether oxygens (including phenoxy) is 1. The van der Waals surface area contributed by atoms with Crippen LogP contribution in [-0.4, -0.2) is 31.2 Å². The van der Waals surface area contributed by atoms with Crippen LogP contribution in [0, 0.1) is 0 Å². The van der Waals surface area contributed by atoms with Crippen LogP contribution < -0.4 is 11.5 Å². The van der Waals surface area contributed by atoms with Crippen molar-refractivity contribution >= 4 is 0 Å². The summed E-state index contributed by atoms with van der Waals surface area (Å²) in [6.45, 7) is 6.69. The lowest BCUT2D eigenvalue weighted by Gasteiger charge is -2.28. The summed E-state index contributed by atoms with van der Waals surface area (Å²) in [4.78, 5) is 2.07. The average Bonchev–Trinajstić information content (AvgIpc) is 2.26. The van der Waals surface area contributed by atoms with E-state index in [1.54, 1.807) is 18.2 Å². The van der Waals surface area contributed by atoms with Gasteiger partial charge in [-0.1, -0.05) is 6.58 Å². The highest BCUT2D eigenvalue weighted by molar-refractivity contribution is 5.20. The lowest BCUT2D eigenvalue weighted by molar-refractivity contribution is 0.0530. The van der Waals surface area contributed by atoms with E-state index >= 15 is 0 Å². The Morgan fingerprint density at radius 3 is 2.43 bits per heavy atom. The molecule has 0 aromatic rings. The van der Waals surface area contributed by atoms with E-state index in [1.165, 1.54) is 0 Å². The third-order valence-electron chi connectivity index (χ3n) is 2.06. The number of morpholine rings is 1. The fourth-order valence-electron chi connectivity index (χ4n) is 1.18. The van der Waals surface area contributed by atoms with Crippen LogP contribution in [0.1, 0.15) is 0 Å². The Balaban J connectivity index is 2.53. The van der Waals surface area contributed by atoms with Gasteiger partial charge >= 0.3 is 0 Å². The van der Waals surface area contributed by atoms with Crippen molar-refractivity contribution in [2.24, 2.45) is 11.5 Å². The van der Waals surface area contributed by atoms with Gasteiger partial charge in [-0.15, -0.1) is 0 Å². The van der Waals surface area contributed by atoms with Crippen LogP contribution in [-0.2, 0) is 4.74 Å². The first-order valence-corrected chi connectivity index (χ1v) is 4.62. The van der Waals surface area contributed by atoms with Gasteiger partial charge in [0.2, 0.25) is 0 Å². The van der Waals surface area contributed by atoms with E-state index in [-0.39, 0.29) is 0 Å². The van der Waals surface area contributed by atoms with E-state index in [1.807, 2.05) is 0 Å². The largest absolute Gasteiger partial charge is 0.399 e. The van der Waals surface area contributed by atoms with Gasteiger partial charge in [0, 0.05) is 18.8 Å². The fraction of sp³-hybridized carbons (Fsp3) is 0.400. The van der Waals surface area contributed by atoms with Crippen LogP contribution in [0.4, 0.5) is 0 Å². The van der Waals surface area contributed by atoms with Gasteiger partial charge in [-0.3, -0.25) is 0 Å². The van der Waals surface area contributed by atoms with E-state index < -0.39 is 0 Å². The first kappa shape index (κ1) is 10.7. The molecule has 0 atom stereocenters. The highest BCUT2D eigenvalue weighted by Crippen LogP contribution is 2.02. The summed E-state index contributed by atoms with van der Waals surface area (Å²) >= 11 is 0. The predicted octanol–water partition coefficient (Wildman–Crippen LogP) is 0.147. The first-order chi connectivity index (χ1) is 6.74. The van der Waals surface area contributed by atoms with E-state index in [4.69, 9.17) is 16.2 Å². The molecular formula is C10H17N3O. The molecule has 0 aliphatic carbocycles. The molecule has 1 aliphatic heterocycles. The molecule has 0 radical (unpaired) electrons. The maximum absolute atomic E-state index is 5.85. The van der Waals surface area contributed by atoms with Crippen molar-refractivity contribution < 1.29 is 4.74 Å². The Hall–Kier alpha value is -1.42. The van der Waals surface area contributed by atoms with Crippen molar-refractivity contribution in [1.82, 2.24) is 4.90 Å². The summed E-state index contributed by atoms with van der Waals surface area (Å²) in [6, 6.07) is 0. The average molecular weight is 195 g/mol. The topological polar surface area (TPSA) is 64.5 Å². The van der Waals surface area contributed by atoms with Crippen molar-refractivity contribution in [3.63, 3.8) is 0 Å². The van der Waals surface area contributed by atoms with Crippen molar-refractivity contribution in [2.45, 2.75) is 0 Å².